The van der Waals surface area contributed by atoms with Crippen molar-refractivity contribution in [3.63, 3.8) is 0 Å². The Kier molecular flexibility index (Phi) is 4.56. The Balaban J connectivity index is 1.44. The van der Waals surface area contributed by atoms with E-state index in [0.29, 0.717) is 42.0 Å². The smallest absolute Gasteiger partial charge is 0.471 e. The highest BCUT2D eigenvalue weighted by Crippen LogP contribution is 2.39. The molecule has 1 aliphatic carbocycles. The molecule has 0 unspecified atom stereocenters. The fraction of sp³-hybridized carbons (Fsp3) is 0.444. The van der Waals surface area contributed by atoms with Gasteiger partial charge < -0.3 is 13.8 Å². The summed E-state index contributed by atoms with van der Waals surface area (Å²) in [5.74, 6) is 0.843. The number of aromatic nitrogens is 4. The summed E-state index contributed by atoms with van der Waals surface area (Å²) in [5.41, 5.74) is 1.93. The average molecular weight is 394 g/mol. The molecule has 2 heterocycles. The van der Waals surface area contributed by atoms with Gasteiger partial charge in [0.05, 0.1) is 6.61 Å². The highest BCUT2D eigenvalue weighted by Gasteiger charge is 2.38. The molecule has 0 amide bonds. The summed E-state index contributed by atoms with van der Waals surface area (Å²) in [6.45, 7) is 3.96. The third-order valence-electron chi connectivity index (χ3n) is 4.37. The Morgan fingerprint density at radius 2 is 1.79 bits per heavy atom. The topological polar surface area (TPSA) is 87.1 Å². The van der Waals surface area contributed by atoms with Gasteiger partial charge in [0, 0.05) is 17.9 Å². The first-order valence-corrected chi connectivity index (χ1v) is 8.79. The molecule has 148 valence electrons. The molecule has 0 spiro atoms. The van der Waals surface area contributed by atoms with Crippen LogP contribution < -0.4 is 4.74 Å². The Bertz CT molecular complexity index is 969. The van der Waals surface area contributed by atoms with Crippen LogP contribution in [0.5, 0.6) is 5.75 Å². The molecule has 0 aliphatic heterocycles. The summed E-state index contributed by atoms with van der Waals surface area (Å²) >= 11 is 0. The summed E-state index contributed by atoms with van der Waals surface area (Å²) < 4.78 is 53.2. The van der Waals surface area contributed by atoms with Crippen LogP contribution in [0.15, 0.2) is 21.2 Å². The molecule has 1 aliphatic rings. The predicted octanol–water partition coefficient (Wildman–Crippen LogP) is 4.25. The van der Waals surface area contributed by atoms with Crippen molar-refractivity contribution in [2.75, 3.05) is 6.61 Å². The number of hydrogen-bond acceptors (Lipinski definition) is 7. The fourth-order valence-corrected chi connectivity index (χ4v) is 2.87. The van der Waals surface area contributed by atoms with Gasteiger partial charge in [0.1, 0.15) is 5.75 Å². The van der Waals surface area contributed by atoms with Crippen molar-refractivity contribution < 1.29 is 27.0 Å². The molecule has 4 rings (SSSR count). The van der Waals surface area contributed by atoms with Gasteiger partial charge in [0.15, 0.2) is 5.82 Å². The van der Waals surface area contributed by atoms with Crippen LogP contribution in [-0.4, -0.2) is 26.9 Å². The monoisotopic (exact) mass is 394 g/mol. The van der Waals surface area contributed by atoms with E-state index in [9.17, 15) is 13.2 Å². The number of nitrogens with zero attached hydrogens (tertiary/aromatic N) is 4. The normalized spacial score (nSPS) is 14.5. The van der Waals surface area contributed by atoms with E-state index in [-0.39, 0.29) is 5.82 Å². The van der Waals surface area contributed by atoms with Crippen LogP contribution in [0.1, 0.15) is 47.5 Å². The van der Waals surface area contributed by atoms with Gasteiger partial charge in [-0.05, 0) is 49.9 Å². The maximum atomic E-state index is 12.6. The van der Waals surface area contributed by atoms with Crippen LogP contribution in [0.2, 0.25) is 0 Å². The van der Waals surface area contributed by atoms with E-state index in [2.05, 4.69) is 24.8 Å². The van der Waals surface area contributed by atoms with Crippen molar-refractivity contribution in [1.82, 2.24) is 20.3 Å². The van der Waals surface area contributed by atoms with E-state index in [1.54, 1.807) is 26.0 Å². The van der Waals surface area contributed by atoms with Crippen molar-refractivity contribution in [1.29, 1.82) is 0 Å². The minimum atomic E-state index is -4.67. The zero-order chi connectivity index (χ0) is 19.9. The van der Waals surface area contributed by atoms with E-state index >= 15 is 0 Å². The van der Waals surface area contributed by atoms with Gasteiger partial charge in [-0.3, -0.25) is 0 Å². The Hall–Kier alpha value is -2.91. The van der Waals surface area contributed by atoms with Gasteiger partial charge >= 0.3 is 12.1 Å². The number of aryl methyl sites for hydroxylation is 2. The largest absolute Gasteiger partial charge is 0.493 e. The molecule has 0 N–H and O–H groups in total. The predicted molar refractivity (Wildman–Crippen MR) is 89.7 cm³/mol. The first-order valence-electron chi connectivity index (χ1n) is 8.79. The molecular formula is C18H17F3N4O3. The molecule has 28 heavy (non-hydrogen) atoms. The second kappa shape index (κ2) is 6.92. The van der Waals surface area contributed by atoms with Crippen molar-refractivity contribution >= 4 is 0 Å². The van der Waals surface area contributed by atoms with Gasteiger partial charge in [0.2, 0.25) is 11.7 Å². The molecule has 7 nitrogen and oxygen atoms in total. The Morgan fingerprint density at radius 1 is 1.07 bits per heavy atom. The van der Waals surface area contributed by atoms with E-state index in [1.165, 1.54) is 0 Å². The SMILES string of the molecule is Cc1cc(-c2noc(C(F)(F)F)n2)cc(C)c1OCCc1noc(C2CC2)n1. The van der Waals surface area contributed by atoms with Crippen LogP contribution in [0.25, 0.3) is 11.4 Å². The summed E-state index contributed by atoms with van der Waals surface area (Å²) in [6.07, 6.45) is -2.00. The number of alkyl halides is 3. The first kappa shape index (κ1) is 18.5. The fourth-order valence-electron chi connectivity index (χ4n) is 2.87. The number of benzene rings is 1. The minimum absolute atomic E-state index is 0.121. The third kappa shape index (κ3) is 3.85. The summed E-state index contributed by atoms with van der Waals surface area (Å²) in [6, 6.07) is 3.32. The molecule has 0 radical (unpaired) electrons. The van der Waals surface area contributed by atoms with Crippen LogP contribution in [-0.2, 0) is 12.6 Å². The maximum absolute atomic E-state index is 12.6. The maximum Gasteiger partial charge on any atom is 0.471 e. The van der Waals surface area contributed by atoms with Crippen LogP contribution in [0.3, 0.4) is 0 Å². The van der Waals surface area contributed by atoms with Crippen molar-refractivity contribution in [3.8, 4) is 17.1 Å². The molecular weight excluding hydrogens is 377 g/mol. The summed E-state index contributed by atoms with van der Waals surface area (Å²) in [7, 11) is 0. The van der Waals surface area contributed by atoms with E-state index in [0.717, 1.165) is 24.0 Å². The van der Waals surface area contributed by atoms with E-state index in [1.807, 2.05) is 0 Å². The summed E-state index contributed by atoms with van der Waals surface area (Å²) in [5, 5.41) is 7.36. The molecule has 0 bridgehead atoms. The highest BCUT2D eigenvalue weighted by atomic mass is 19.4. The number of hydrogen-bond donors (Lipinski definition) is 0. The van der Waals surface area contributed by atoms with Gasteiger partial charge in [-0.25, -0.2) is 0 Å². The Morgan fingerprint density at radius 3 is 2.39 bits per heavy atom. The standard InChI is InChI=1S/C18H17F3N4O3/c1-9-7-12(15-23-17(28-25-15)18(19,20)21)8-10(2)14(9)26-6-5-13-22-16(27-24-13)11-3-4-11/h7-8,11H,3-6H2,1-2H3. The average Bonchev–Trinajstić information content (AvgIpc) is 3.16. The molecule has 1 fully saturated rings. The summed E-state index contributed by atoms with van der Waals surface area (Å²) in [4.78, 5) is 7.76. The Labute approximate surface area is 157 Å². The van der Waals surface area contributed by atoms with Gasteiger partial charge in [0.25, 0.3) is 0 Å². The van der Waals surface area contributed by atoms with Gasteiger partial charge in [-0.1, -0.05) is 10.3 Å². The molecule has 1 aromatic carbocycles. The lowest BCUT2D eigenvalue weighted by atomic mass is 10.1. The van der Waals surface area contributed by atoms with Gasteiger partial charge in [-0.2, -0.15) is 23.1 Å². The molecule has 1 saturated carbocycles. The zero-order valence-electron chi connectivity index (χ0n) is 15.2. The first-order chi connectivity index (χ1) is 13.3. The third-order valence-corrected chi connectivity index (χ3v) is 4.37. The molecule has 0 atom stereocenters. The van der Waals surface area contributed by atoms with Gasteiger partial charge in [-0.15, -0.1) is 0 Å². The zero-order valence-corrected chi connectivity index (χ0v) is 15.2. The lowest BCUT2D eigenvalue weighted by Gasteiger charge is -2.12. The van der Waals surface area contributed by atoms with Crippen LogP contribution >= 0.6 is 0 Å². The second-order valence-electron chi connectivity index (χ2n) is 6.78. The highest BCUT2D eigenvalue weighted by molar-refractivity contribution is 5.61. The second-order valence-corrected chi connectivity index (χ2v) is 6.78. The lowest BCUT2D eigenvalue weighted by Crippen LogP contribution is -2.06. The molecule has 2 aromatic heterocycles. The molecule has 10 heteroatoms. The van der Waals surface area contributed by atoms with Crippen LogP contribution in [0, 0.1) is 13.8 Å². The number of rotatable bonds is 6. The number of ether oxygens (including phenoxy) is 1. The van der Waals surface area contributed by atoms with Crippen molar-refractivity contribution in [2.45, 2.75) is 45.2 Å². The van der Waals surface area contributed by atoms with E-state index < -0.39 is 12.1 Å². The number of halogens is 3. The molecule has 0 saturated heterocycles. The van der Waals surface area contributed by atoms with E-state index in [4.69, 9.17) is 9.26 Å². The lowest BCUT2D eigenvalue weighted by molar-refractivity contribution is -0.159. The van der Waals surface area contributed by atoms with Crippen molar-refractivity contribution in [3.05, 3.63) is 40.9 Å². The quantitative estimate of drug-likeness (QED) is 0.617. The molecule has 3 aromatic rings. The van der Waals surface area contributed by atoms with Crippen molar-refractivity contribution in [2.24, 2.45) is 0 Å². The minimum Gasteiger partial charge on any atom is -0.493 e. The van der Waals surface area contributed by atoms with Crippen LogP contribution in [0.4, 0.5) is 13.2 Å².